The SMILES string of the molecule is Cc1nc(C(C)n2cnc3sc4c(c3c2=O)CCC(NCCc2ccc(Cl)cc2)C4)cs1. The predicted octanol–water partition coefficient (Wildman–Crippen LogP) is 5.18. The first-order valence-corrected chi connectivity index (χ1v) is 13.0. The summed E-state index contributed by atoms with van der Waals surface area (Å²) in [5.41, 5.74) is 3.47. The van der Waals surface area contributed by atoms with Crippen molar-refractivity contribution in [3.8, 4) is 0 Å². The maximum Gasteiger partial charge on any atom is 0.262 e. The Labute approximate surface area is 200 Å². The summed E-state index contributed by atoms with van der Waals surface area (Å²) in [6, 6.07) is 8.36. The first kappa shape index (κ1) is 21.8. The summed E-state index contributed by atoms with van der Waals surface area (Å²) in [5, 5.41) is 8.32. The van der Waals surface area contributed by atoms with E-state index in [0.29, 0.717) is 6.04 Å². The van der Waals surface area contributed by atoms with E-state index in [1.807, 2.05) is 31.4 Å². The Bertz CT molecular complexity index is 1310. The molecule has 2 atom stereocenters. The third-order valence-corrected chi connectivity index (χ3v) is 8.44. The Kier molecular flexibility index (Phi) is 6.16. The van der Waals surface area contributed by atoms with E-state index < -0.39 is 0 Å². The fraction of sp³-hybridized carbons (Fsp3) is 0.375. The minimum Gasteiger partial charge on any atom is -0.313 e. The molecular formula is C24H25ClN4OS2. The highest BCUT2D eigenvalue weighted by molar-refractivity contribution is 7.18. The standard InChI is InChI=1S/C24H25ClN4OS2/c1-14(20-12-31-15(2)28-20)29-13-27-23-22(24(29)30)19-8-7-18(11-21(19)32-23)26-10-9-16-3-5-17(25)6-4-16/h3-6,12-14,18,26H,7-11H2,1-2H3. The number of nitrogens with zero attached hydrogens (tertiary/aromatic N) is 3. The van der Waals surface area contributed by atoms with Gasteiger partial charge in [0, 0.05) is 21.3 Å². The van der Waals surface area contributed by atoms with Gasteiger partial charge in [0.25, 0.3) is 5.56 Å². The molecule has 1 aliphatic carbocycles. The molecule has 0 saturated heterocycles. The fourth-order valence-electron chi connectivity index (χ4n) is 4.42. The predicted molar refractivity (Wildman–Crippen MR) is 134 cm³/mol. The number of thiophene rings is 1. The van der Waals surface area contributed by atoms with Crippen molar-refractivity contribution < 1.29 is 0 Å². The molecule has 5 rings (SSSR count). The van der Waals surface area contributed by atoms with Crippen molar-refractivity contribution in [1.82, 2.24) is 19.9 Å². The van der Waals surface area contributed by atoms with Gasteiger partial charge in [-0.2, -0.15) is 0 Å². The molecule has 32 heavy (non-hydrogen) atoms. The molecule has 0 amide bonds. The van der Waals surface area contributed by atoms with Gasteiger partial charge in [0.05, 0.1) is 28.5 Å². The molecule has 0 radical (unpaired) electrons. The maximum atomic E-state index is 13.4. The molecule has 4 aromatic rings. The smallest absolute Gasteiger partial charge is 0.262 e. The lowest BCUT2D eigenvalue weighted by Gasteiger charge is -2.23. The zero-order chi connectivity index (χ0) is 22.2. The number of nitrogens with one attached hydrogen (secondary N) is 1. The van der Waals surface area contributed by atoms with Gasteiger partial charge in [-0.05, 0) is 69.3 Å². The van der Waals surface area contributed by atoms with E-state index in [4.69, 9.17) is 11.6 Å². The number of hydrogen-bond acceptors (Lipinski definition) is 6. The lowest BCUT2D eigenvalue weighted by Crippen LogP contribution is -2.35. The second kappa shape index (κ2) is 9.06. The van der Waals surface area contributed by atoms with Crippen LogP contribution in [0.25, 0.3) is 10.2 Å². The number of thiazole rings is 1. The average molecular weight is 485 g/mol. The highest BCUT2D eigenvalue weighted by atomic mass is 35.5. The van der Waals surface area contributed by atoms with E-state index in [1.54, 1.807) is 33.6 Å². The van der Waals surface area contributed by atoms with E-state index in [0.717, 1.165) is 58.2 Å². The summed E-state index contributed by atoms with van der Waals surface area (Å²) in [6.45, 7) is 4.94. The van der Waals surface area contributed by atoms with Gasteiger partial charge in [0.15, 0.2) is 0 Å². The number of aryl methyl sites for hydroxylation is 2. The molecule has 1 aliphatic rings. The van der Waals surface area contributed by atoms with Crippen molar-refractivity contribution >= 4 is 44.5 Å². The molecule has 0 fully saturated rings. The third-order valence-electron chi connectivity index (χ3n) is 6.24. The van der Waals surface area contributed by atoms with Gasteiger partial charge in [-0.1, -0.05) is 23.7 Å². The molecule has 0 saturated carbocycles. The van der Waals surface area contributed by atoms with Crippen molar-refractivity contribution in [3.63, 3.8) is 0 Å². The molecule has 0 bridgehead atoms. The van der Waals surface area contributed by atoms with Gasteiger partial charge in [-0.25, -0.2) is 9.97 Å². The van der Waals surface area contributed by atoms with Crippen molar-refractivity contribution in [2.45, 2.75) is 51.6 Å². The summed E-state index contributed by atoms with van der Waals surface area (Å²) >= 11 is 9.26. The topological polar surface area (TPSA) is 59.8 Å². The summed E-state index contributed by atoms with van der Waals surface area (Å²) in [4.78, 5) is 24.8. The maximum absolute atomic E-state index is 13.4. The van der Waals surface area contributed by atoms with Crippen LogP contribution in [-0.2, 0) is 19.3 Å². The van der Waals surface area contributed by atoms with Crippen LogP contribution in [-0.4, -0.2) is 27.1 Å². The third kappa shape index (κ3) is 4.27. The van der Waals surface area contributed by atoms with E-state index in [2.05, 4.69) is 27.4 Å². The molecule has 2 unspecified atom stereocenters. The highest BCUT2D eigenvalue weighted by Crippen LogP contribution is 2.34. The van der Waals surface area contributed by atoms with E-state index in [1.165, 1.54) is 16.0 Å². The van der Waals surface area contributed by atoms with Gasteiger partial charge < -0.3 is 5.32 Å². The molecular weight excluding hydrogens is 460 g/mol. The minimum absolute atomic E-state index is 0.0554. The van der Waals surface area contributed by atoms with Crippen LogP contribution in [0.15, 0.2) is 40.8 Å². The van der Waals surface area contributed by atoms with E-state index in [9.17, 15) is 4.79 Å². The second-order valence-corrected chi connectivity index (χ2v) is 11.0. The number of aromatic nitrogens is 3. The minimum atomic E-state index is -0.120. The number of fused-ring (bicyclic) bond motifs is 3. The summed E-state index contributed by atoms with van der Waals surface area (Å²) in [7, 11) is 0. The second-order valence-electron chi connectivity index (χ2n) is 8.38. The van der Waals surface area contributed by atoms with Crippen molar-refractivity contribution in [3.05, 3.63) is 78.1 Å². The Balaban J connectivity index is 1.32. The zero-order valence-electron chi connectivity index (χ0n) is 18.1. The van der Waals surface area contributed by atoms with Gasteiger partial charge >= 0.3 is 0 Å². The number of halogens is 1. The Morgan fingerprint density at radius 2 is 2.12 bits per heavy atom. The first-order chi connectivity index (χ1) is 15.5. The van der Waals surface area contributed by atoms with Crippen LogP contribution in [0.2, 0.25) is 5.02 Å². The molecule has 1 aromatic carbocycles. The molecule has 3 heterocycles. The molecule has 5 nitrogen and oxygen atoms in total. The first-order valence-electron chi connectivity index (χ1n) is 10.9. The van der Waals surface area contributed by atoms with E-state index >= 15 is 0 Å². The van der Waals surface area contributed by atoms with Gasteiger partial charge in [0.2, 0.25) is 0 Å². The normalized spacial score (nSPS) is 16.9. The van der Waals surface area contributed by atoms with Crippen LogP contribution < -0.4 is 10.9 Å². The Hall–Kier alpha value is -2.06. The van der Waals surface area contributed by atoms with Crippen LogP contribution >= 0.6 is 34.3 Å². The monoisotopic (exact) mass is 484 g/mol. The Morgan fingerprint density at radius 3 is 2.88 bits per heavy atom. The average Bonchev–Trinajstić information content (AvgIpc) is 3.38. The lowest BCUT2D eigenvalue weighted by atomic mass is 9.93. The highest BCUT2D eigenvalue weighted by Gasteiger charge is 2.26. The molecule has 0 aliphatic heterocycles. The fourth-order valence-corrected chi connectivity index (χ4v) is 6.50. The lowest BCUT2D eigenvalue weighted by molar-refractivity contribution is 0.466. The molecule has 3 aromatic heterocycles. The van der Waals surface area contributed by atoms with Crippen LogP contribution in [0.5, 0.6) is 0 Å². The number of rotatable bonds is 6. The number of benzene rings is 1. The molecule has 166 valence electrons. The summed E-state index contributed by atoms with van der Waals surface area (Å²) < 4.78 is 1.74. The van der Waals surface area contributed by atoms with Crippen LogP contribution in [0.3, 0.4) is 0 Å². The Morgan fingerprint density at radius 1 is 1.31 bits per heavy atom. The van der Waals surface area contributed by atoms with E-state index in [-0.39, 0.29) is 11.6 Å². The summed E-state index contributed by atoms with van der Waals surface area (Å²) in [6.07, 6.45) is 5.58. The van der Waals surface area contributed by atoms with Gasteiger partial charge in [-0.3, -0.25) is 9.36 Å². The van der Waals surface area contributed by atoms with Crippen LogP contribution in [0.1, 0.15) is 46.1 Å². The zero-order valence-corrected chi connectivity index (χ0v) is 20.5. The van der Waals surface area contributed by atoms with Crippen molar-refractivity contribution in [2.24, 2.45) is 0 Å². The van der Waals surface area contributed by atoms with Crippen molar-refractivity contribution in [2.75, 3.05) is 6.54 Å². The largest absolute Gasteiger partial charge is 0.313 e. The van der Waals surface area contributed by atoms with Crippen LogP contribution in [0, 0.1) is 6.92 Å². The van der Waals surface area contributed by atoms with Gasteiger partial charge in [-0.15, -0.1) is 22.7 Å². The molecule has 0 spiro atoms. The number of hydrogen-bond donors (Lipinski definition) is 1. The van der Waals surface area contributed by atoms with Gasteiger partial charge in [0.1, 0.15) is 4.83 Å². The summed E-state index contributed by atoms with van der Waals surface area (Å²) in [5.74, 6) is 0. The quantitative estimate of drug-likeness (QED) is 0.410. The molecule has 1 N–H and O–H groups in total. The molecule has 8 heteroatoms. The van der Waals surface area contributed by atoms with Crippen LogP contribution in [0.4, 0.5) is 0 Å². The van der Waals surface area contributed by atoms with Crippen molar-refractivity contribution in [1.29, 1.82) is 0 Å².